The Hall–Kier alpha value is -2.76. The van der Waals surface area contributed by atoms with Crippen molar-refractivity contribution in [1.82, 2.24) is 9.88 Å². The van der Waals surface area contributed by atoms with E-state index in [1.807, 2.05) is 31.2 Å². The third kappa shape index (κ3) is 3.06. The number of amides is 2. The maximum absolute atomic E-state index is 12.1. The highest BCUT2D eigenvalue weighted by molar-refractivity contribution is 5.89. The Labute approximate surface area is 134 Å². The van der Waals surface area contributed by atoms with Crippen molar-refractivity contribution in [3.8, 4) is 5.75 Å². The highest BCUT2D eigenvalue weighted by Gasteiger charge is 2.29. The normalized spacial score (nSPS) is 17.0. The molecule has 2 amide bonds. The summed E-state index contributed by atoms with van der Waals surface area (Å²) in [5.74, 6) is 0.957. The van der Waals surface area contributed by atoms with Crippen molar-refractivity contribution in [2.24, 2.45) is 7.05 Å². The average Bonchev–Trinajstić information content (AvgIpc) is 2.96. The topological polar surface area (TPSA) is 72.4 Å². The molecule has 1 aromatic heterocycles. The van der Waals surface area contributed by atoms with Crippen LogP contribution in [0.1, 0.15) is 18.4 Å². The molecule has 0 bridgehead atoms. The van der Waals surface area contributed by atoms with E-state index in [0.717, 1.165) is 11.3 Å². The lowest BCUT2D eigenvalue weighted by Gasteiger charge is -2.20. The number of benzene rings is 1. The average molecular weight is 313 g/mol. The number of aryl methyl sites for hydroxylation is 1. The molecule has 2 aromatic rings. The summed E-state index contributed by atoms with van der Waals surface area (Å²) in [6.45, 7) is 2.46. The molecular weight excluding hydrogens is 294 g/mol. The van der Waals surface area contributed by atoms with Gasteiger partial charge in [0.1, 0.15) is 11.4 Å². The summed E-state index contributed by atoms with van der Waals surface area (Å²) in [6, 6.07) is 10.6. The highest BCUT2D eigenvalue weighted by atomic mass is 16.5. The van der Waals surface area contributed by atoms with Crippen LogP contribution in [0.5, 0.6) is 5.75 Å². The van der Waals surface area contributed by atoms with Crippen LogP contribution >= 0.6 is 0 Å². The van der Waals surface area contributed by atoms with E-state index in [9.17, 15) is 9.59 Å². The first kappa shape index (κ1) is 15.1. The van der Waals surface area contributed by atoms with Crippen LogP contribution in [0.3, 0.4) is 0 Å². The van der Waals surface area contributed by atoms with Crippen molar-refractivity contribution in [1.29, 1.82) is 0 Å². The fraction of sp³-hybridized carbons (Fsp3) is 0.294. The van der Waals surface area contributed by atoms with Crippen LogP contribution in [0.4, 0.5) is 10.5 Å². The summed E-state index contributed by atoms with van der Waals surface area (Å²) in [4.78, 5) is 24.1. The standard InChI is InChI=1S/C17H19N3O3/c1-11(13-10-23-15-8-4-3-6-12(13)15)18-17(22)19-14-7-5-9-20(2)16(14)21/h3-9,11,13H,10H2,1-2H3,(H2,18,19,22)/t11-,13+/m1/s1. The van der Waals surface area contributed by atoms with Gasteiger partial charge in [0, 0.05) is 30.8 Å². The van der Waals surface area contributed by atoms with E-state index < -0.39 is 6.03 Å². The van der Waals surface area contributed by atoms with E-state index in [4.69, 9.17) is 4.74 Å². The molecule has 1 aliphatic heterocycles. The molecule has 2 N–H and O–H groups in total. The molecule has 0 fully saturated rings. The van der Waals surface area contributed by atoms with Gasteiger partial charge in [0.05, 0.1) is 6.61 Å². The first-order valence-electron chi connectivity index (χ1n) is 7.51. The summed E-state index contributed by atoms with van der Waals surface area (Å²) in [6.07, 6.45) is 1.64. The minimum Gasteiger partial charge on any atom is -0.493 e. The number of carbonyl (C=O) groups is 1. The highest BCUT2D eigenvalue weighted by Crippen LogP contribution is 2.35. The largest absolute Gasteiger partial charge is 0.493 e. The number of nitrogens with one attached hydrogen (secondary N) is 2. The van der Waals surface area contributed by atoms with Gasteiger partial charge in [-0.05, 0) is 25.1 Å². The molecule has 0 radical (unpaired) electrons. The van der Waals surface area contributed by atoms with Gasteiger partial charge in [0.25, 0.3) is 5.56 Å². The lowest BCUT2D eigenvalue weighted by atomic mass is 9.94. The Morgan fingerprint density at radius 1 is 1.30 bits per heavy atom. The number of aromatic nitrogens is 1. The zero-order valence-electron chi connectivity index (χ0n) is 13.1. The number of ether oxygens (including phenoxy) is 1. The van der Waals surface area contributed by atoms with Gasteiger partial charge in [-0.15, -0.1) is 0 Å². The zero-order valence-corrected chi connectivity index (χ0v) is 13.1. The molecule has 23 heavy (non-hydrogen) atoms. The van der Waals surface area contributed by atoms with Crippen LogP contribution < -0.4 is 20.9 Å². The van der Waals surface area contributed by atoms with Gasteiger partial charge in [-0.25, -0.2) is 4.79 Å². The molecule has 6 heteroatoms. The summed E-state index contributed by atoms with van der Waals surface area (Å²) in [5, 5.41) is 5.48. The Morgan fingerprint density at radius 2 is 2.09 bits per heavy atom. The van der Waals surface area contributed by atoms with Crippen molar-refractivity contribution < 1.29 is 9.53 Å². The second-order valence-electron chi connectivity index (χ2n) is 5.68. The smallest absolute Gasteiger partial charge is 0.319 e. The predicted molar refractivity (Wildman–Crippen MR) is 88.0 cm³/mol. The predicted octanol–water partition coefficient (Wildman–Crippen LogP) is 2.07. The number of rotatable bonds is 3. The molecule has 0 saturated heterocycles. The summed E-state index contributed by atoms with van der Waals surface area (Å²) >= 11 is 0. The summed E-state index contributed by atoms with van der Waals surface area (Å²) < 4.78 is 7.06. The molecule has 6 nitrogen and oxygen atoms in total. The minimum atomic E-state index is -0.398. The van der Waals surface area contributed by atoms with Crippen molar-refractivity contribution in [2.75, 3.05) is 11.9 Å². The summed E-state index contributed by atoms with van der Waals surface area (Å²) in [5.41, 5.74) is 1.10. The third-order valence-corrected chi connectivity index (χ3v) is 4.07. The molecule has 0 aliphatic carbocycles. The van der Waals surface area contributed by atoms with Gasteiger partial charge in [0.2, 0.25) is 0 Å². The SMILES string of the molecule is C[C@@H](NC(=O)Nc1cccn(C)c1=O)[C@@H]1COc2ccccc21. The number of para-hydroxylation sites is 1. The lowest BCUT2D eigenvalue weighted by Crippen LogP contribution is -2.41. The van der Waals surface area contributed by atoms with E-state index in [-0.39, 0.29) is 23.2 Å². The van der Waals surface area contributed by atoms with Crippen LogP contribution in [-0.4, -0.2) is 23.2 Å². The number of fused-ring (bicyclic) bond motifs is 1. The number of urea groups is 1. The van der Waals surface area contributed by atoms with Gasteiger partial charge >= 0.3 is 6.03 Å². The Kier molecular flexibility index (Phi) is 4.06. The van der Waals surface area contributed by atoms with Gasteiger partial charge in [-0.2, -0.15) is 0 Å². The van der Waals surface area contributed by atoms with Crippen LogP contribution in [0.2, 0.25) is 0 Å². The molecule has 0 unspecified atom stereocenters. The Balaban J connectivity index is 1.67. The van der Waals surface area contributed by atoms with Gasteiger partial charge in [0.15, 0.2) is 0 Å². The summed E-state index contributed by atoms with van der Waals surface area (Å²) in [7, 11) is 1.64. The number of nitrogens with zero attached hydrogens (tertiary/aromatic N) is 1. The Morgan fingerprint density at radius 3 is 2.91 bits per heavy atom. The molecule has 2 heterocycles. The number of carbonyl (C=O) groups excluding carboxylic acids is 1. The first-order chi connectivity index (χ1) is 11.1. The molecular formula is C17H19N3O3. The molecule has 3 rings (SSSR count). The van der Waals surface area contributed by atoms with Crippen molar-refractivity contribution in [3.63, 3.8) is 0 Å². The minimum absolute atomic E-state index is 0.0931. The van der Waals surface area contributed by atoms with Gasteiger partial charge in [-0.3, -0.25) is 4.79 Å². The monoisotopic (exact) mass is 313 g/mol. The molecule has 0 spiro atoms. The van der Waals surface area contributed by atoms with E-state index in [2.05, 4.69) is 10.6 Å². The first-order valence-corrected chi connectivity index (χ1v) is 7.51. The van der Waals surface area contributed by atoms with Gasteiger partial charge < -0.3 is 19.9 Å². The van der Waals surface area contributed by atoms with Crippen molar-refractivity contribution >= 4 is 11.7 Å². The van der Waals surface area contributed by atoms with E-state index in [1.165, 1.54) is 4.57 Å². The number of anilines is 1. The maximum Gasteiger partial charge on any atom is 0.319 e. The number of hydrogen-bond donors (Lipinski definition) is 2. The number of hydrogen-bond acceptors (Lipinski definition) is 3. The quantitative estimate of drug-likeness (QED) is 0.911. The fourth-order valence-corrected chi connectivity index (χ4v) is 2.76. The van der Waals surface area contributed by atoms with Crippen molar-refractivity contribution in [2.45, 2.75) is 18.9 Å². The van der Waals surface area contributed by atoms with Crippen LogP contribution in [0.25, 0.3) is 0 Å². The molecule has 2 atom stereocenters. The second-order valence-corrected chi connectivity index (χ2v) is 5.68. The fourth-order valence-electron chi connectivity index (χ4n) is 2.76. The number of pyridine rings is 1. The molecule has 120 valence electrons. The third-order valence-electron chi connectivity index (χ3n) is 4.07. The zero-order chi connectivity index (χ0) is 16.4. The van der Waals surface area contributed by atoms with E-state index >= 15 is 0 Å². The van der Waals surface area contributed by atoms with Crippen LogP contribution in [-0.2, 0) is 7.05 Å². The second kappa shape index (κ2) is 6.16. The van der Waals surface area contributed by atoms with Crippen molar-refractivity contribution in [3.05, 3.63) is 58.5 Å². The van der Waals surface area contributed by atoms with Crippen LogP contribution in [0.15, 0.2) is 47.4 Å². The lowest BCUT2D eigenvalue weighted by molar-refractivity contribution is 0.244. The van der Waals surface area contributed by atoms with Gasteiger partial charge in [-0.1, -0.05) is 18.2 Å². The molecule has 1 aromatic carbocycles. The van der Waals surface area contributed by atoms with E-state index in [1.54, 1.807) is 25.4 Å². The maximum atomic E-state index is 12.1. The van der Waals surface area contributed by atoms with E-state index in [0.29, 0.717) is 6.61 Å². The van der Waals surface area contributed by atoms with Crippen LogP contribution in [0, 0.1) is 0 Å². The molecule has 1 aliphatic rings. The molecule has 0 saturated carbocycles. The Bertz CT molecular complexity index is 785.